The second-order valence-electron chi connectivity index (χ2n) is 4.86. The summed E-state index contributed by atoms with van der Waals surface area (Å²) < 4.78 is 0. The summed E-state index contributed by atoms with van der Waals surface area (Å²) >= 11 is 0. The lowest BCUT2D eigenvalue weighted by Crippen LogP contribution is -2.60. The van der Waals surface area contributed by atoms with Gasteiger partial charge in [-0.2, -0.15) is 0 Å². The minimum Gasteiger partial charge on any atom is -0.394 e. The zero-order valence-electron chi connectivity index (χ0n) is 9.19. The number of hydrogen-bond acceptors (Lipinski definition) is 2. The van der Waals surface area contributed by atoms with Gasteiger partial charge in [-0.1, -0.05) is 33.6 Å². The van der Waals surface area contributed by atoms with Crippen LogP contribution in [0.1, 0.15) is 46.5 Å². The lowest BCUT2D eigenvalue weighted by atomic mass is 9.63. The number of nitrogens with one attached hydrogen (secondary N) is 1. The van der Waals surface area contributed by atoms with Gasteiger partial charge in [0, 0.05) is 5.54 Å². The summed E-state index contributed by atoms with van der Waals surface area (Å²) in [6.07, 6.45) is 4.89. The number of hydrogen-bond donors (Lipinski definition) is 2. The summed E-state index contributed by atoms with van der Waals surface area (Å²) in [7, 11) is 0. The van der Waals surface area contributed by atoms with E-state index >= 15 is 0 Å². The molecule has 1 rings (SSSR count). The number of aliphatic hydroxyl groups is 1. The number of aliphatic hydroxyl groups excluding tert-OH is 1. The van der Waals surface area contributed by atoms with E-state index in [0.717, 1.165) is 13.0 Å². The second kappa shape index (κ2) is 3.97. The molecular formula is C11H23NO. The van der Waals surface area contributed by atoms with Crippen LogP contribution in [0.15, 0.2) is 0 Å². The highest BCUT2D eigenvalue weighted by atomic mass is 16.3. The van der Waals surface area contributed by atoms with Gasteiger partial charge in [-0.05, 0) is 24.8 Å². The maximum atomic E-state index is 9.55. The van der Waals surface area contributed by atoms with Crippen LogP contribution in [0.3, 0.4) is 0 Å². The molecule has 2 N–H and O–H groups in total. The van der Waals surface area contributed by atoms with Gasteiger partial charge < -0.3 is 10.4 Å². The summed E-state index contributed by atoms with van der Waals surface area (Å²) in [6.45, 7) is 7.87. The lowest BCUT2D eigenvalue weighted by molar-refractivity contribution is 0.0122. The average molecular weight is 185 g/mol. The molecule has 0 aromatic rings. The van der Waals surface area contributed by atoms with Gasteiger partial charge in [-0.3, -0.25) is 0 Å². The van der Waals surface area contributed by atoms with Gasteiger partial charge in [0.1, 0.15) is 0 Å². The molecule has 1 aliphatic carbocycles. The molecule has 1 unspecified atom stereocenters. The van der Waals surface area contributed by atoms with Crippen molar-refractivity contribution in [3.63, 3.8) is 0 Å². The monoisotopic (exact) mass is 185 g/mol. The standard InChI is InChI=1S/C11H23NO/c1-4-12-11(9-13)8-6-5-7-10(11,2)3/h12-13H,4-9H2,1-3H3. The minimum atomic E-state index is -0.0278. The molecule has 0 radical (unpaired) electrons. The van der Waals surface area contributed by atoms with Gasteiger partial charge in [0.2, 0.25) is 0 Å². The van der Waals surface area contributed by atoms with Crippen molar-refractivity contribution < 1.29 is 5.11 Å². The Bertz CT molecular complexity index is 163. The molecule has 1 fully saturated rings. The van der Waals surface area contributed by atoms with Crippen LogP contribution in [0.25, 0.3) is 0 Å². The van der Waals surface area contributed by atoms with Crippen LogP contribution in [-0.4, -0.2) is 23.8 Å². The smallest absolute Gasteiger partial charge is 0.0618 e. The predicted octanol–water partition coefficient (Wildman–Crippen LogP) is 1.93. The molecule has 0 heterocycles. The number of rotatable bonds is 3. The molecule has 1 aliphatic rings. The van der Waals surface area contributed by atoms with Crippen LogP contribution < -0.4 is 5.32 Å². The molecule has 13 heavy (non-hydrogen) atoms. The maximum absolute atomic E-state index is 9.55. The fourth-order valence-electron chi connectivity index (χ4n) is 2.59. The van der Waals surface area contributed by atoms with Crippen molar-refractivity contribution in [3.05, 3.63) is 0 Å². The van der Waals surface area contributed by atoms with Gasteiger partial charge in [0.05, 0.1) is 6.61 Å². The molecule has 1 atom stereocenters. The zero-order valence-corrected chi connectivity index (χ0v) is 9.19. The Labute approximate surface area is 81.7 Å². The third-order valence-corrected chi connectivity index (χ3v) is 3.74. The topological polar surface area (TPSA) is 32.3 Å². The van der Waals surface area contributed by atoms with E-state index in [1.165, 1.54) is 19.3 Å². The first-order chi connectivity index (χ1) is 6.08. The van der Waals surface area contributed by atoms with Crippen LogP contribution >= 0.6 is 0 Å². The minimum absolute atomic E-state index is 0.0278. The molecule has 2 heteroatoms. The SMILES string of the molecule is CCNC1(CO)CCCCC1(C)C. The lowest BCUT2D eigenvalue weighted by Gasteiger charge is -2.50. The Morgan fingerprint density at radius 1 is 1.23 bits per heavy atom. The maximum Gasteiger partial charge on any atom is 0.0618 e. The summed E-state index contributed by atoms with van der Waals surface area (Å²) in [5, 5.41) is 13.0. The molecule has 0 spiro atoms. The van der Waals surface area contributed by atoms with E-state index in [1.54, 1.807) is 0 Å². The third kappa shape index (κ3) is 1.89. The van der Waals surface area contributed by atoms with Gasteiger partial charge >= 0.3 is 0 Å². The highest BCUT2D eigenvalue weighted by molar-refractivity contribution is 5.02. The molecule has 0 aromatic heterocycles. The van der Waals surface area contributed by atoms with Gasteiger partial charge in [0.25, 0.3) is 0 Å². The summed E-state index contributed by atoms with van der Waals surface area (Å²) in [5.74, 6) is 0. The van der Waals surface area contributed by atoms with Crippen molar-refractivity contribution in [2.45, 2.75) is 52.0 Å². The average Bonchev–Trinajstić information content (AvgIpc) is 2.09. The van der Waals surface area contributed by atoms with Crippen molar-refractivity contribution in [1.82, 2.24) is 5.32 Å². The van der Waals surface area contributed by atoms with Crippen molar-refractivity contribution in [2.24, 2.45) is 5.41 Å². The fraction of sp³-hybridized carbons (Fsp3) is 1.00. The first kappa shape index (κ1) is 11.0. The van der Waals surface area contributed by atoms with E-state index in [1.807, 2.05) is 0 Å². The Balaban J connectivity index is 2.79. The largest absolute Gasteiger partial charge is 0.394 e. The van der Waals surface area contributed by atoms with Crippen molar-refractivity contribution in [2.75, 3.05) is 13.2 Å². The Morgan fingerprint density at radius 2 is 1.85 bits per heavy atom. The van der Waals surface area contributed by atoms with Crippen LogP contribution in [-0.2, 0) is 0 Å². The van der Waals surface area contributed by atoms with Crippen molar-refractivity contribution in [1.29, 1.82) is 0 Å². The molecule has 78 valence electrons. The zero-order chi connectivity index (χ0) is 9.95. The fourth-order valence-corrected chi connectivity index (χ4v) is 2.59. The van der Waals surface area contributed by atoms with E-state index in [0.29, 0.717) is 0 Å². The molecule has 0 saturated heterocycles. The van der Waals surface area contributed by atoms with E-state index in [2.05, 4.69) is 26.1 Å². The quantitative estimate of drug-likeness (QED) is 0.704. The molecule has 0 amide bonds. The second-order valence-corrected chi connectivity index (χ2v) is 4.86. The molecule has 0 aliphatic heterocycles. The Hall–Kier alpha value is -0.0800. The highest BCUT2D eigenvalue weighted by Crippen LogP contribution is 2.43. The Morgan fingerprint density at radius 3 is 2.31 bits per heavy atom. The normalized spacial score (nSPS) is 33.2. The van der Waals surface area contributed by atoms with E-state index < -0.39 is 0 Å². The molecule has 0 bridgehead atoms. The third-order valence-electron chi connectivity index (χ3n) is 3.74. The van der Waals surface area contributed by atoms with E-state index in [4.69, 9.17) is 0 Å². The Kier molecular flexibility index (Phi) is 3.36. The molecular weight excluding hydrogens is 162 g/mol. The summed E-state index contributed by atoms with van der Waals surface area (Å²) in [4.78, 5) is 0. The first-order valence-corrected chi connectivity index (χ1v) is 5.44. The number of likely N-dealkylation sites (N-methyl/N-ethyl adjacent to an activating group) is 1. The molecule has 0 aromatic carbocycles. The van der Waals surface area contributed by atoms with Crippen LogP contribution in [0, 0.1) is 5.41 Å². The first-order valence-electron chi connectivity index (χ1n) is 5.44. The molecule has 1 saturated carbocycles. The summed E-state index contributed by atoms with van der Waals surface area (Å²) in [6, 6.07) is 0. The van der Waals surface area contributed by atoms with Gasteiger partial charge in [0.15, 0.2) is 0 Å². The van der Waals surface area contributed by atoms with Crippen LogP contribution in [0.4, 0.5) is 0 Å². The van der Waals surface area contributed by atoms with Crippen LogP contribution in [0.2, 0.25) is 0 Å². The van der Waals surface area contributed by atoms with Crippen LogP contribution in [0.5, 0.6) is 0 Å². The van der Waals surface area contributed by atoms with E-state index in [9.17, 15) is 5.11 Å². The molecule has 2 nitrogen and oxygen atoms in total. The van der Waals surface area contributed by atoms with Gasteiger partial charge in [-0.15, -0.1) is 0 Å². The van der Waals surface area contributed by atoms with Crippen molar-refractivity contribution in [3.8, 4) is 0 Å². The predicted molar refractivity (Wildman–Crippen MR) is 55.7 cm³/mol. The summed E-state index contributed by atoms with van der Waals surface area (Å²) in [5.41, 5.74) is 0.204. The van der Waals surface area contributed by atoms with E-state index in [-0.39, 0.29) is 17.6 Å². The highest BCUT2D eigenvalue weighted by Gasteiger charge is 2.45. The van der Waals surface area contributed by atoms with Crippen molar-refractivity contribution >= 4 is 0 Å². The van der Waals surface area contributed by atoms with Gasteiger partial charge in [-0.25, -0.2) is 0 Å².